The van der Waals surface area contributed by atoms with E-state index in [0.29, 0.717) is 6.42 Å². The number of halogens is 1. The Morgan fingerprint density at radius 1 is 1.53 bits per heavy atom. The van der Waals surface area contributed by atoms with Crippen LogP contribution in [0.5, 0.6) is 0 Å². The van der Waals surface area contributed by atoms with Crippen LogP contribution in [-0.2, 0) is 11.2 Å². The number of rotatable bonds is 3. The third-order valence-corrected chi connectivity index (χ3v) is 2.76. The number of pyridine rings is 1. The molecule has 0 radical (unpaired) electrons. The van der Waals surface area contributed by atoms with E-state index in [1.165, 1.54) is 0 Å². The van der Waals surface area contributed by atoms with E-state index < -0.39 is 5.97 Å². The second-order valence-corrected chi connectivity index (χ2v) is 3.99. The van der Waals surface area contributed by atoms with Crippen LogP contribution in [0.25, 0.3) is 5.52 Å². The molecule has 1 N–H and O–H groups in total. The van der Waals surface area contributed by atoms with Gasteiger partial charge in [0.15, 0.2) is 0 Å². The largest absolute Gasteiger partial charge is 0.481 e. The van der Waals surface area contributed by atoms with Gasteiger partial charge in [0.25, 0.3) is 0 Å². The quantitative estimate of drug-likeness (QED) is 0.868. The summed E-state index contributed by atoms with van der Waals surface area (Å²) in [5.41, 5.74) is 0.963. The lowest BCUT2D eigenvalue weighted by molar-refractivity contribution is -0.137. The van der Waals surface area contributed by atoms with Crippen molar-refractivity contribution in [2.24, 2.45) is 0 Å². The molecule has 0 fully saturated rings. The van der Waals surface area contributed by atoms with E-state index in [0.717, 1.165) is 15.9 Å². The lowest BCUT2D eigenvalue weighted by atomic mass is 10.3. The summed E-state index contributed by atoms with van der Waals surface area (Å²) < 4.78 is 2.79. The lowest BCUT2D eigenvalue weighted by Crippen LogP contribution is -2.02. The molecular formula is C10H9BrN2O2. The van der Waals surface area contributed by atoms with Crippen molar-refractivity contribution in [3.8, 4) is 0 Å². The minimum atomic E-state index is -0.807. The Morgan fingerprint density at radius 3 is 3.07 bits per heavy atom. The molecular weight excluding hydrogens is 260 g/mol. The van der Waals surface area contributed by atoms with Crippen molar-refractivity contribution in [3.05, 3.63) is 34.8 Å². The maximum atomic E-state index is 10.5. The lowest BCUT2D eigenvalue weighted by Gasteiger charge is -2.01. The number of carboxylic acid groups (broad SMARTS) is 1. The van der Waals surface area contributed by atoms with E-state index in [-0.39, 0.29) is 6.42 Å². The van der Waals surface area contributed by atoms with E-state index in [1.54, 1.807) is 6.20 Å². The molecule has 2 aromatic rings. The number of carboxylic acids is 1. The van der Waals surface area contributed by atoms with E-state index in [9.17, 15) is 4.79 Å². The van der Waals surface area contributed by atoms with E-state index in [4.69, 9.17) is 5.11 Å². The first kappa shape index (κ1) is 10.2. The molecule has 2 heterocycles. The number of aryl methyl sites for hydroxylation is 1. The normalized spacial score (nSPS) is 10.7. The molecule has 0 amide bonds. The monoisotopic (exact) mass is 268 g/mol. The molecule has 0 unspecified atom stereocenters. The number of carbonyl (C=O) groups is 1. The molecule has 0 spiro atoms. The molecule has 0 atom stereocenters. The zero-order valence-corrected chi connectivity index (χ0v) is 9.44. The summed E-state index contributed by atoms with van der Waals surface area (Å²) in [5, 5.41) is 8.60. The Bertz CT molecular complexity index is 507. The van der Waals surface area contributed by atoms with Crippen LogP contribution in [0.4, 0.5) is 0 Å². The van der Waals surface area contributed by atoms with Crippen LogP contribution in [0.15, 0.2) is 29.0 Å². The summed E-state index contributed by atoms with van der Waals surface area (Å²) >= 11 is 3.41. The Morgan fingerprint density at radius 2 is 2.33 bits per heavy atom. The maximum Gasteiger partial charge on any atom is 0.303 e. The molecule has 4 nitrogen and oxygen atoms in total. The van der Waals surface area contributed by atoms with Crippen LogP contribution in [0.1, 0.15) is 12.2 Å². The molecule has 5 heteroatoms. The highest BCUT2D eigenvalue weighted by atomic mass is 79.9. The summed E-state index contributed by atoms with van der Waals surface area (Å²) in [6.45, 7) is 0. The van der Waals surface area contributed by atoms with E-state index in [2.05, 4.69) is 20.9 Å². The Kier molecular flexibility index (Phi) is 2.73. The minimum Gasteiger partial charge on any atom is -0.481 e. The number of imidazole rings is 1. The van der Waals surface area contributed by atoms with Gasteiger partial charge in [-0.1, -0.05) is 6.07 Å². The highest BCUT2D eigenvalue weighted by Gasteiger charge is 2.07. The molecule has 0 aliphatic rings. The van der Waals surface area contributed by atoms with Crippen molar-refractivity contribution in [3.63, 3.8) is 0 Å². The van der Waals surface area contributed by atoms with Crippen LogP contribution < -0.4 is 0 Å². The summed E-state index contributed by atoms with van der Waals surface area (Å²) in [7, 11) is 0. The number of nitrogens with zero attached hydrogens (tertiary/aromatic N) is 2. The highest BCUT2D eigenvalue weighted by Crippen LogP contribution is 2.16. The van der Waals surface area contributed by atoms with Gasteiger partial charge in [0.05, 0.1) is 22.7 Å². The van der Waals surface area contributed by atoms with Crippen molar-refractivity contribution in [2.75, 3.05) is 0 Å². The Labute approximate surface area is 94.7 Å². The molecule has 0 saturated carbocycles. The van der Waals surface area contributed by atoms with Crippen LogP contribution in [-0.4, -0.2) is 20.5 Å². The number of hydrogen-bond acceptors (Lipinski definition) is 2. The van der Waals surface area contributed by atoms with Gasteiger partial charge in [0, 0.05) is 6.42 Å². The third kappa shape index (κ3) is 2.02. The van der Waals surface area contributed by atoms with Crippen LogP contribution in [0.3, 0.4) is 0 Å². The maximum absolute atomic E-state index is 10.5. The van der Waals surface area contributed by atoms with Gasteiger partial charge in [0.2, 0.25) is 0 Å². The predicted molar refractivity (Wildman–Crippen MR) is 58.8 cm³/mol. The molecule has 0 bridgehead atoms. The van der Waals surface area contributed by atoms with E-state index in [1.807, 2.05) is 22.6 Å². The topological polar surface area (TPSA) is 54.6 Å². The zero-order valence-electron chi connectivity index (χ0n) is 7.85. The zero-order chi connectivity index (χ0) is 10.8. The van der Waals surface area contributed by atoms with Crippen molar-refractivity contribution in [1.82, 2.24) is 9.38 Å². The van der Waals surface area contributed by atoms with Gasteiger partial charge in [-0.25, -0.2) is 4.98 Å². The third-order valence-electron chi connectivity index (χ3n) is 2.14. The number of fused-ring (bicyclic) bond motifs is 1. The molecule has 2 rings (SSSR count). The van der Waals surface area contributed by atoms with Gasteiger partial charge >= 0.3 is 5.97 Å². The summed E-state index contributed by atoms with van der Waals surface area (Å²) in [5.74, 6) is -0.0429. The Balaban J connectivity index is 2.39. The van der Waals surface area contributed by atoms with Gasteiger partial charge in [0.1, 0.15) is 5.82 Å². The van der Waals surface area contributed by atoms with Crippen LogP contribution in [0, 0.1) is 0 Å². The van der Waals surface area contributed by atoms with E-state index >= 15 is 0 Å². The second kappa shape index (κ2) is 4.02. The number of aliphatic carboxylic acids is 1. The molecule has 0 aliphatic carbocycles. The summed E-state index contributed by atoms with van der Waals surface area (Å²) in [4.78, 5) is 14.7. The van der Waals surface area contributed by atoms with Crippen molar-refractivity contribution in [2.45, 2.75) is 12.8 Å². The van der Waals surface area contributed by atoms with Gasteiger partial charge in [-0.15, -0.1) is 0 Å². The fourth-order valence-electron chi connectivity index (χ4n) is 1.47. The Hall–Kier alpha value is -1.36. The average molecular weight is 269 g/mol. The van der Waals surface area contributed by atoms with Crippen LogP contribution in [0.2, 0.25) is 0 Å². The first-order valence-electron chi connectivity index (χ1n) is 4.51. The fourth-order valence-corrected chi connectivity index (χ4v) is 2.03. The standard InChI is InChI=1S/C10H9BrN2O2/c11-8-3-1-2-7-6-12-9(13(7)8)4-5-10(14)15/h1-3,6H,4-5H2,(H,14,15). The smallest absolute Gasteiger partial charge is 0.303 e. The predicted octanol–water partition coefficient (Wildman–Crippen LogP) is 2.11. The van der Waals surface area contributed by atoms with Gasteiger partial charge in [-0.05, 0) is 28.1 Å². The SMILES string of the molecule is O=C(O)CCc1ncc2cccc(Br)n12. The van der Waals surface area contributed by atoms with Crippen molar-refractivity contribution in [1.29, 1.82) is 0 Å². The molecule has 0 aliphatic heterocycles. The molecule has 0 aromatic carbocycles. The van der Waals surface area contributed by atoms with Gasteiger partial charge in [-0.3, -0.25) is 9.20 Å². The average Bonchev–Trinajstić information content (AvgIpc) is 2.59. The summed E-state index contributed by atoms with van der Waals surface area (Å²) in [6, 6.07) is 5.75. The highest BCUT2D eigenvalue weighted by molar-refractivity contribution is 9.10. The van der Waals surface area contributed by atoms with Gasteiger partial charge in [-0.2, -0.15) is 0 Å². The molecule has 0 saturated heterocycles. The number of hydrogen-bond donors (Lipinski definition) is 1. The number of aromatic nitrogens is 2. The second-order valence-electron chi connectivity index (χ2n) is 3.18. The van der Waals surface area contributed by atoms with Crippen molar-refractivity contribution < 1.29 is 9.90 Å². The molecule has 2 aromatic heterocycles. The summed E-state index contributed by atoms with van der Waals surface area (Å²) in [6.07, 6.45) is 2.27. The van der Waals surface area contributed by atoms with Crippen molar-refractivity contribution >= 4 is 27.4 Å². The minimum absolute atomic E-state index is 0.0977. The van der Waals surface area contributed by atoms with Gasteiger partial charge < -0.3 is 5.11 Å². The first-order chi connectivity index (χ1) is 7.18. The molecule has 15 heavy (non-hydrogen) atoms. The van der Waals surface area contributed by atoms with Crippen LogP contribution >= 0.6 is 15.9 Å². The fraction of sp³-hybridized carbons (Fsp3) is 0.200. The molecule has 78 valence electrons. The first-order valence-corrected chi connectivity index (χ1v) is 5.30.